The monoisotopic (exact) mass is 388 g/mol. The highest BCUT2D eigenvalue weighted by Gasteiger charge is 2.26. The number of carbonyl (C=O) groups is 1. The Kier molecular flexibility index (Phi) is 6.08. The van der Waals surface area contributed by atoms with Crippen LogP contribution in [0.25, 0.3) is 0 Å². The molecule has 1 amide bonds. The molecule has 0 N–H and O–H groups in total. The highest BCUT2D eigenvalue weighted by Crippen LogP contribution is 2.16. The van der Waals surface area contributed by atoms with Crippen LogP contribution in [0.15, 0.2) is 54.9 Å². The van der Waals surface area contributed by atoms with Gasteiger partial charge in [0.25, 0.3) is 0 Å². The van der Waals surface area contributed by atoms with Crippen LogP contribution < -0.4 is 4.90 Å². The van der Waals surface area contributed by atoms with Gasteiger partial charge in [-0.3, -0.25) is 9.78 Å². The minimum Gasteiger partial charge on any atom is -0.368 e. The largest absolute Gasteiger partial charge is 0.368 e. The first kappa shape index (κ1) is 19.3. The van der Waals surface area contributed by atoms with E-state index in [1.165, 1.54) is 4.31 Å². The first-order valence-electron chi connectivity index (χ1n) is 8.85. The van der Waals surface area contributed by atoms with Crippen molar-refractivity contribution < 1.29 is 13.2 Å². The van der Waals surface area contributed by atoms with Gasteiger partial charge in [0.05, 0.1) is 12.8 Å². The van der Waals surface area contributed by atoms with Gasteiger partial charge in [-0.05, 0) is 29.8 Å². The fourth-order valence-corrected chi connectivity index (χ4v) is 3.81. The quantitative estimate of drug-likeness (QED) is 0.743. The van der Waals surface area contributed by atoms with E-state index in [1.807, 2.05) is 18.2 Å². The number of hydrogen-bond acceptors (Lipinski definition) is 5. The molecule has 144 valence electrons. The second kappa shape index (κ2) is 8.49. The highest BCUT2D eigenvalue weighted by atomic mass is 32.2. The first-order valence-corrected chi connectivity index (χ1v) is 10.7. The average molecular weight is 388 g/mol. The lowest BCUT2D eigenvalue weighted by atomic mass is 10.2. The number of para-hydroxylation sites is 1. The summed E-state index contributed by atoms with van der Waals surface area (Å²) in [6.07, 6.45) is 4.36. The fourth-order valence-electron chi connectivity index (χ4n) is 3.09. The summed E-state index contributed by atoms with van der Waals surface area (Å²) in [7, 11) is -3.50. The normalized spacial score (nSPS) is 15.2. The highest BCUT2D eigenvalue weighted by molar-refractivity contribution is 7.88. The smallest absolute Gasteiger partial charge is 0.238 e. The minimum absolute atomic E-state index is 0.146. The maximum absolute atomic E-state index is 12.7. The number of sulfonamides is 1. The van der Waals surface area contributed by atoms with Crippen molar-refractivity contribution in [3.05, 3.63) is 60.4 Å². The van der Waals surface area contributed by atoms with Crippen LogP contribution in [0.4, 0.5) is 5.69 Å². The van der Waals surface area contributed by atoms with Gasteiger partial charge in [0.15, 0.2) is 0 Å². The minimum atomic E-state index is -3.50. The van der Waals surface area contributed by atoms with Crippen LogP contribution >= 0.6 is 0 Å². The van der Waals surface area contributed by atoms with E-state index in [0.717, 1.165) is 30.6 Å². The molecule has 0 atom stereocenters. The molecule has 1 aliphatic rings. The second-order valence-electron chi connectivity index (χ2n) is 6.59. The maximum atomic E-state index is 12.7. The Morgan fingerprint density at radius 1 is 1.04 bits per heavy atom. The number of hydrogen-bond donors (Lipinski definition) is 0. The third-order valence-corrected chi connectivity index (χ3v) is 5.84. The van der Waals surface area contributed by atoms with Crippen molar-refractivity contribution in [3.63, 3.8) is 0 Å². The van der Waals surface area contributed by atoms with Gasteiger partial charge >= 0.3 is 0 Å². The van der Waals surface area contributed by atoms with Gasteiger partial charge in [-0.2, -0.15) is 4.31 Å². The number of pyridine rings is 1. The Labute approximate surface area is 160 Å². The summed E-state index contributed by atoms with van der Waals surface area (Å²) in [6, 6.07) is 13.6. The van der Waals surface area contributed by atoms with E-state index in [0.29, 0.717) is 13.1 Å². The van der Waals surface area contributed by atoms with Gasteiger partial charge < -0.3 is 9.80 Å². The molecule has 3 rings (SSSR count). The van der Waals surface area contributed by atoms with Crippen molar-refractivity contribution in [3.8, 4) is 0 Å². The van der Waals surface area contributed by atoms with E-state index in [9.17, 15) is 13.2 Å². The van der Waals surface area contributed by atoms with Gasteiger partial charge in [0.2, 0.25) is 15.9 Å². The maximum Gasteiger partial charge on any atom is 0.238 e. The van der Waals surface area contributed by atoms with E-state index in [2.05, 4.69) is 22.0 Å². The molecule has 0 unspecified atom stereocenters. The molecule has 0 spiro atoms. The SMILES string of the molecule is CS(=O)(=O)N(CC(=O)N1CCN(c2ccccc2)CC1)Cc1ccncc1. The van der Waals surface area contributed by atoms with E-state index in [1.54, 1.807) is 29.4 Å². The first-order chi connectivity index (χ1) is 12.9. The molecule has 7 nitrogen and oxygen atoms in total. The zero-order chi connectivity index (χ0) is 19.3. The standard InChI is InChI=1S/C19H24N4O3S/c1-27(25,26)23(15-17-7-9-20-10-8-17)16-19(24)22-13-11-21(12-14-22)18-5-3-2-4-6-18/h2-10H,11-16H2,1H3. The molecule has 0 aliphatic carbocycles. The predicted molar refractivity (Wildman–Crippen MR) is 105 cm³/mol. The molecule has 1 aliphatic heterocycles. The van der Waals surface area contributed by atoms with Crippen molar-refractivity contribution in [1.82, 2.24) is 14.2 Å². The number of rotatable bonds is 6. The molecular weight excluding hydrogens is 364 g/mol. The number of nitrogens with zero attached hydrogens (tertiary/aromatic N) is 4. The topological polar surface area (TPSA) is 73.8 Å². The van der Waals surface area contributed by atoms with Gasteiger partial charge in [0.1, 0.15) is 0 Å². The molecule has 0 radical (unpaired) electrons. The molecule has 27 heavy (non-hydrogen) atoms. The second-order valence-corrected chi connectivity index (χ2v) is 8.57. The van der Waals surface area contributed by atoms with Crippen LogP contribution in [-0.4, -0.2) is 67.5 Å². The lowest BCUT2D eigenvalue weighted by molar-refractivity contribution is -0.131. The van der Waals surface area contributed by atoms with Crippen molar-refractivity contribution in [2.24, 2.45) is 0 Å². The zero-order valence-corrected chi connectivity index (χ0v) is 16.2. The van der Waals surface area contributed by atoms with Crippen LogP contribution in [0.2, 0.25) is 0 Å². The van der Waals surface area contributed by atoms with Crippen LogP contribution in [0, 0.1) is 0 Å². The van der Waals surface area contributed by atoms with Gasteiger partial charge in [-0.15, -0.1) is 0 Å². The van der Waals surface area contributed by atoms with E-state index in [4.69, 9.17) is 0 Å². The van der Waals surface area contributed by atoms with Crippen molar-refractivity contribution in [1.29, 1.82) is 0 Å². The van der Waals surface area contributed by atoms with Crippen LogP contribution in [0.5, 0.6) is 0 Å². The summed E-state index contributed by atoms with van der Waals surface area (Å²) in [5.74, 6) is -0.165. The number of carbonyl (C=O) groups excluding carboxylic acids is 1. The number of anilines is 1. The lowest BCUT2D eigenvalue weighted by Gasteiger charge is -2.36. The Balaban J connectivity index is 1.60. The van der Waals surface area contributed by atoms with Crippen LogP contribution in [0.3, 0.4) is 0 Å². The Bertz CT molecular complexity index is 851. The fraction of sp³-hybridized carbons (Fsp3) is 0.368. The third-order valence-electron chi connectivity index (χ3n) is 4.64. The van der Waals surface area contributed by atoms with E-state index < -0.39 is 10.0 Å². The van der Waals surface area contributed by atoms with Crippen LogP contribution in [-0.2, 0) is 21.4 Å². The van der Waals surface area contributed by atoms with Gasteiger partial charge in [-0.1, -0.05) is 18.2 Å². The number of amides is 1. The summed E-state index contributed by atoms with van der Waals surface area (Å²) >= 11 is 0. The molecule has 0 bridgehead atoms. The Hall–Kier alpha value is -2.45. The zero-order valence-electron chi connectivity index (χ0n) is 15.4. The Morgan fingerprint density at radius 3 is 2.26 bits per heavy atom. The summed E-state index contributed by atoms with van der Waals surface area (Å²) in [5, 5.41) is 0. The van der Waals surface area contributed by atoms with Crippen molar-refractivity contribution in [2.45, 2.75) is 6.54 Å². The molecule has 1 aromatic heterocycles. The number of aromatic nitrogens is 1. The number of piperazine rings is 1. The van der Waals surface area contributed by atoms with E-state index in [-0.39, 0.29) is 19.0 Å². The molecule has 1 saturated heterocycles. The summed E-state index contributed by atoms with van der Waals surface area (Å²) < 4.78 is 25.5. The van der Waals surface area contributed by atoms with Crippen LogP contribution in [0.1, 0.15) is 5.56 Å². The summed E-state index contributed by atoms with van der Waals surface area (Å²) in [4.78, 5) is 20.6. The third kappa shape index (κ3) is 5.27. The molecule has 2 aromatic rings. The Morgan fingerprint density at radius 2 is 1.67 bits per heavy atom. The molecule has 1 aromatic carbocycles. The van der Waals surface area contributed by atoms with Crippen molar-refractivity contribution in [2.75, 3.05) is 43.9 Å². The lowest BCUT2D eigenvalue weighted by Crippen LogP contribution is -2.51. The molecular formula is C19H24N4O3S. The molecule has 1 fully saturated rings. The van der Waals surface area contributed by atoms with Crippen molar-refractivity contribution >= 4 is 21.6 Å². The predicted octanol–water partition coefficient (Wildman–Crippen LogP) is 1.19. The van der Waals surface area contributed by atoms with Gasteiger partial charge in [0, 0.05) is 50.8 Å². The molecule has 2 heterocycles. The summed E-state index contributed by atoms with van der Waals surface area (Å²) in [6.45, 7) is 2.66. The molecule has 0 saturated carbocycles. The van der Waals surface area contributed by atoms with E-state index >= 15 is 0 Å². The number of benzene rings is 1. The molecule has 8 heteroatoms. The summed E-state index contributed by atoms with van der Waals surface area (Å²) in [5.41, 5.74) is 1.94. The van der Waals surface area contributed by atoms with Gasteiger partial charge in [-0.25, -0.2) is 8.42 Å². The average Bonchev–Trinajstić information content (AvgIpc) is 2.68.